The van der Waals surface area contributed by atoms with Crippen molar-refractivity contribution in [1.82, 2.24) is 9.58 Å². The van der Waals surface area contributed by atoms with E-state index in [2.05, 4.69) is 5.43 Å². The van der Waals surface area contributed by atoms with Gasteiger partial charge in [-0.05, 0) is 30.5 Å². The minimum absolute atomic E-state index is 0.152. The molecule has 1 N–H and O–H groups in total. The number of benzene rings is 1. The van der Waals surface area contributed by atoms with Crippen LogP contribution in [0.5, 0.6) is 0 Å². The molecule has 108 valence electrons. The summed E-state index contributed by atoms with van der Waals surface area (Å²) in [5, 5.41) is 10.8. The van der Waals surface area contributed by atoms with Gasteiger partial charge in [0.1, 0.15) is 0 Å². The highest BCUT2D eigenvalue weighted by atomic mass is 35.5. The highest BCUT2D eigenvalue weighted by Crippen LogP contribution is 2.23. The number of pyridine rings is 1. The van der Waals surface area contributed by atoms with Crippen LogP contribution in [0.3, 0.4) is 0 Å². The fourth-order valence-electron chi connectivity index (χ4n) is 1.77. The zero-order chi connectivity index (χ0) is 15.2. The van der Waals surface area contributed by atoms with Gasteiger partial charge in [0.25, 0.3) is 5.56 Å². The third-order valence-corrected chi connectivity index (χ3v) is 3.49. The number of nitriles is 1. The number of rotatable bonds is 5. The first-order valence-corrected chi connectivity index (χ1v) is 7.83. The number of nitrogens with one attached hydrogen (secondary N) is 1. The molecule has 0 saturated heterocycles. The van der Waals surface area contributed by atoms with E-state index in [1.54, 1.807) is 36.5 Å². The number of hydrazine groups is 1. The summed E-state index contributed by atoms with van der Waals surface area (Å²) in [6.07, 6.45) is 5.59. The summed E-state index contributed by atoms with van der Waals surface area (Å²) in [5.74, 6) is 0.522. The van der Waals surface area contributed by atoms with Crippen LogP contribution in [-0.4, -0.2) is 21.7 Å². The number of hydrogen-bond donors (Lipinski definition) is 1. The lowest BCUT2D eigenvalue weighted by molar-refractivity contribution is 0.552. The standard InChI is InChI=1S/C14H13ClN4OS/c1-21-10-18(9-16)17-11-5-6-13(12(15)8-11)19-7-3-2-4-14(19)20/h2-8,17H,10H2,1H3. The summed E-state index contributed by atoms with van der Waals surface area (Å²) in [4.78, 5) is 11.8. The molecule has 0 atom stereocenters. The Kier molecular flexibility index (Phi) is 5.14. The predicted molar refractivity (Wildman–Crippen MR) is 86.5 cm³/mol. The van der Waals surface area contributed by atoms with E-state index in [0.29, 0.717) is 22.3 Å². The van der Waals surface area contributed by atoms with Crippen molar-refractivity contribution in [3.05, 3.63) is 58.0 Å². The SMILES string of the molecule is CSCN(C#N)Nc1ccc(-n2ccccc2=O)c(Cl)c1. The fraction of sp³-hybridized carbons (Fsp3) is 0.143. The molecule has 0 fully saturated rings. The second kappa shape index (κ2) is 7.07. The molecular weight excluding hydrogens is 308 g/mol. The van der Waals surface area contributed by atoms with Crippen LogP contribution in [-0.2, 0) is 0 Å². The van der Waals surface area contributed by atoms with Gasteiger partial charge in [0, 0.05) is 12.3 Å². The first-order chi connectivity index (χ1) is 10.2. The van der Waals surface area contributed by atoms with Crippen LogP contribution in [0, 0.1) is 11.5 Å². The van der Waals surface area contributed by atoms with Crippen molar-refractivity contribution in [2.45, 2.75) is 0 Å². The lowest BCUT2D eigenvalue weighted by Gasteiger charge is -2.17. The van der Waals surface area contributed by atoms with Gasteiger partial charge in [0.05, 0.1) is 22.3 Å². The summed E-state index contributed by atoms with van der Waals surface area (Å²) in [5.41, 5.74) is 4.07. The molecule has 0 saturated carbocycles. The van der Waals surface area contributed by atoms with Crippen LogP contribution in [0.25, 0.3) is 5.69 Å². The van der Waals surface area contributed by atoms with Crippen LogP contribution in [0.15, 0.2) is 47.4 Å². The maximum absolute atomic E-state index is 11.8. The Bertz CT molecular complexity index is 725. The second-order valence-electron chi connectivity index (χ2n) is 4.13. The Balaban J connectivity index is 2.28. The van der Waals surface area contributed by atoms with Gasteiger partial charge < -0.3 is 0 Å². The highest BCUT2D eigenvalue weighted by molar-refractivity contribution is 7.98. The molecule has 1 aromatic heterocycles. The molecule has 21 heavy (non-hydrogen) atoms. The number of halogens is 1. The first kappa shape index (κ1) is 15.3. The third-order valence-electron chi connectivity index (χ3n) is 2.67. The monoisotopic (exact) mass is 320 g/mol. The largest absolute Gasteiger partial charge is 0.289 e. The molecule has 0 unspecified atom stereocenters. The van der Waals surface area contributed by atoms with Crippen LogP contribution in [0.2, 0.25) is 5.02 Å². The molecule has 2 rings (SSSR count). The van der Waals surface area contributed by atoms with Crippen molar-refractivity contribution in [2.75, 3.05) is 17.6 Å². The summed E-state index contributed by atoms with van der Waals surface area (Å²) in [6, 6.07) is 10.1. The van der Waals surface area contributed by atoms with Crippen LogP contribution in [0.1, 0.15) is 0 Å². The Morgan fingerprint density at radius 3 is 2.86 bits per heavy atom. The molecule has 1 heterocycles. The van der Waals surface area contributed by atoms with E-state index in [4.69, 9.17) is 16.9 Å². The molecule has 0 spiro atoms. The van der Waals surface area contributed by atoms with E-state index in [0.717, 1.165) is 0 Å². The minimum Gasteiger partial charge on any atom is -0.289 e. The quantitative estimate of drug-likeness (QED) is 0.397. The number of anilines is 1. The second-order valence-corrected chi connectivity index (χ2v) is 5.38. The summed E-state index contributed by atoms with van der Waals surface area (Å²) < 4.78 is 1.47. The minimum atomic E-state index is -0.152. The molecule has 0 bridgehead atoms. The molecule has 0 aliphatic heterocycles. The van der Waals surface area contributed by atoms with E-state index < -0.39 is 0 Å². The van der Waals surface area contributed by atoms with Crippen LogP contribution >= 0.6 is 23.4 Å². The summed E-state index contributed by atoms with van der Waals surface area (Å²) in [7, 11) is 0. The zero-order valence-corrected chi connectivity index (χ0v) is 12.9. The maximum atomic E-state index is 11.8. The average Bonchev–Trinajstić information content (AvgIpc) is 2.48. The van der Waals surface area contributed by atoms with Crippen molar-refractivity contribution in [3.63, 3.8) is 0 Å². The van der Waals surface area contributed by atoms with Gasteiger partial charge in [0.15, 0.2) is 0 Å². The molecular formula is C14H13ClN4OS. The molecule has 0 aliphatic rings. The number of thioether (sulfide) groups is 1. The Morgan fingerprint density at radius 1 is 1.43 bits per heavy atom. The number of nitrogens with zero attached hydrogens (tertiary/aromatic N) is 3. The van der Waals surface area contributed by atoms with Gasteiger partial charge in [-0.1, -0.05) is 17.7 Å². The third kappa shape index (κ3) is 3.72. The Labute approximate surface area is 131 Å². The van der Waals surface area contributed by atoms with Crippen molar-refractivity contribution in [2.24, 2.45) is 0 Å². The van der Waals surface area contributed by atoms with Crippen LogP contribution in [0.4, 0.5) is 5.69 Å². The van der Waals surface area contributed by atoms with Gasteiger partial charge in [-0.3, -0.25) is 14.8 Å². The van der Waals surface area contributed by atoms with Gasteiger partial charge >= 0.3 is 0 Å². The topological polar surface area (TPSA) is 61.1 Å². The molecule has 1 aromatic carbocycles. The van der Waals surface area contributed by atoms with E-state index in [-0.39, 0.29) is 5.56 Å². The van der Waals surface area contributed by atoms with Gasteiger partial charge in [-0.2, -0.15) is 5.26 Å². The molecule has 2 aromatic rings. The van der Waals surface area contributed by atoms with E-state index in [1.807, 2.05) is 12.4 Å². The lowest BCUT2D eigenvalue weighted by atomic mass is 10.2. The smallest absolute Gasteiger partial charge is 0.255 e. The van der Waals surface area contributed by atoms with Crippen molar-refractivity contribution in [1.29, 1.82) is 5.26 Å². The first-order valence-electron chi connectivity index (χ1n) is 6.06. The van der Waals surface area contributed by atoms with Gasteiger partial charge in [-0.15, -0.1) is 11.8 Å². The maximum Gasteiger partial charge on any atom is 0.255 e. The summed E-state index contributed by atoms with van der Waals surface area (Å²) >= 11 is 7.76. The molecule has 0 radical (unpaired) electrons. The van der Waals surface area contributed by atoms with Crippen LogP contribution < -0.4 is 11.0 Å². The number of hydrogen-bond acceptors (Lipinski definition) is 5. The fourth-order valence-corrected chi connectivity index (χ4v) is 2.42. The zero-order valence-electron chi connectivity index (χ0n) is 11.3. The number of aromatic nitrogens is 1. The highest BCUT2D eigenvalue weighted by Gasteiger charge is 2.07. The normalized spacial score (nSPS) is 9.95. The molecule has 5 nitrogen and oxygen atoms in total. The molecule has 0 aliphatic carbocycles. The molecule has 7 heteroatoms. The van der Waals surface area contributed by atoms with Crippen molar-refractivity contribution >= 4 is 29.1 Å². The molecule has 0 amide bonds. The van der Waals surface area contributed by atoms with Crippen molar-refractivity contribution in [3.8, 4) is 11.9 Å². The Morgan fingerprint density at radius 2 is 2.24 bits per heavy atom. The van der Waals surface area contributed by atoms with E-state index in [1.165, 1.54) is 27.4 Å². The average molecular weight is 321 g/mol. The lowest BCUT2D eigenvalue weighted by Crippen LogP contribution is -2.24. The van der Waals surface area contributed by atoms with Crippen molar-refractivity contribution < 1.29 is 0 Å². The Hall–Kier alpha value is -2.10. The van der Waals surface area contributed by atoms with Gasteiger partial charge in [0.2, 0.25) is 6.19 Å². The summed E-state index contributed by atoms with van der Waals surface area (Å²) in [6.45, 7) is 0. The predicted octanol–water partition coefficient (Wildman–Crippen LogP) is 2.92. The van der Waals surface area contributed by atoms with Gasteiger partial charge in [-0.25, -0.2) is 5.01 Å². The van der Waals surface area contributed by atoms with E-state index in [9.17, 15) is 4.79 Å². The van der Waals surface area contributed by atoms with E-state index >= 15 is 0 Å².